The molecule has 0 spiro atoms. The highest BCUT2D eigenvalue weighted by Gasteiger charge is 2.20. The molecule has 2 aromatic heterocycles. The molecular weight excluding hydrogens is 418 g/mol. The molecule has 0 aliphatic heterocycles. The van der Waals surface area contributed by atoms with Gasteiger partial charge in [-0.3, -0.25) is 4.79 Å². The van der Waals surface area contributed by atoms with Crippen molar-refractivity contribution in [2.24, 2.45) is 0 Å². The number of ether oxygens (including phenoxy) is 1. The van der Waals surface area contributed by atoms with Crippen LogP contribution in [-0.2, 0) is 0 Å². The summed E-state index contributed by atoms with van der Waals surface area (Å²) in [6, 6.07) is 23.5. The Morgan fingerprint density at radius 2 is 1.62 bits per heavy atom. The molecule has 5 rings (SSSR count). The van der Waals surface area contributed by atoms with Crippen LogP contribution in [0.3, 0.4) is 0 Å². The van der Waals surface area contributed by atoms with E-state index in [0.717, 1.165) is 28.0 Å². The number of aromatic hydroxyl groups is 1. The summed E-state index contributed by atoms with van der Waals surface area (Å²) in [7, 11) is 1.66. The third kappa shape index (κ3) is 3.27. The van der Waals surface area contributed by atoms with Gasteiger partial charge in [0.2, 0.25) is 0 Å². The molecular formula is C27H21NO3S. The molecule has 2 heterocycles. The number of hydrogen-bond donors (Lipinski definition) is 2. The third-order valence-electron chi connectivity index (χ3n) is 5.73. The summed E-state index contributed by atoms with van der Waals surface area (Å²) in [5, 5.41) is 13.8. The molecule has 0 radical (unpaired) electrons. The van der Waals surface area contributed by atoms with Crippen molar-refractivity contribution in [3.63, 3.8) is 0 Å². The molecule has 3 aromatic carbocycles. The molecule has 0 aliphatic rings. The number of H-pyrrole nitrogens is 1. The topological polar surface area (TPSA) is 62.3 Å². The lowest BCUT2D eigenvalue weighted by molar-refractivity contribution is 0.416. The average Bonchev–Trinajstić information content (AvgIpc) is 3.24. The van der Waals surface area contributed by atoms with Gasteiger partial charge in [0.1, 0.15) is 16.3 Å². The van der Waals surface area contributed by atoms with Gasteiger partial charge in [-0.05, 0) is 35.2 Å². The van der Waals surface area contributed by atoms with Crippen LogP contribution in [0, 0.1) is 6.92 Å². The zero-order chi connectivity index (χ0) is 22.2. The zero-order valence-corrected chi connectivity index (χ0v) is 18.5. The molecule has 0 bridgehead atoms. The van der Waals surface area contributed by atoms with Gasteiger partial charge in [-0.1, -0.05) is 66.7 Å². The van der Waals surface area contributed by atoms with Crippen molar-refractivity contribution in [2.75, 3.05) is 7.11 Å². The van der Waals surface area contributed by atoms with Crippen LogP contribution in [0.1, 0.15) is 5.56 Å². The van der Waals surface area contributed by atoms with E-state index in [1.807, 2.05) is 66.0 Å². The highest BCUT2D eigenvalue weighted by Crippen LogP contribution is 2.43. The summed E-state index contributed by atoms with van der Waals surface area (Å²) in [5.41, 5.74) is 5.71. The molecule has 32 heavy (non-hydrogen) atoms. The quantitative estimate of drug-likeness (QED) is 0.331. The third-order valence-corrected chi connectivity index (χ3v) is 6.62. The Labute approximate surface area is 189 Å². The Kier molecular flexibility index (Phi) is 5.04. The number of thiophene rings is 1. The van der Waals surface area contributed by atoms with Gasteiger partial charge in [0.15, 0.2) is 0 Å². The zero-order valence-electron chi connectivity index (χ0n) is 17.7. The fourth-order valence-corrected chi connectivity index (χ4v) is 5.09. The van der Waals surface area contributed by atoms with Crippen molar-refractivity contribution < 1.29 is 9.84 Å². The molecule has 0 aliphatic carbocycles. The standard InChI is InChI=1S/C27H21NO3S/c1-16-8-6-7-11-19(16)20-13-12-18(14-22(20)31-2)21-15-32-27-24(21)25(29)23(26(30)28-27)17-9-4-3-5-10-17/h3-15H,1-2H3,(H2,28,29,30). The summed E-state index contributed by atoms with van der Waals surface area (Å²) in [6.45, 7) is 2.08. The number of aryl methyl sites for hydroxylation is 1. The highest BCUT2D eigenvalue weighted by molar-refractivity contribution is 7.17. The number of fused-ring (bicyclic) bond motifs is 1. The summed E-state index contributed by atoms with van der Waals surface area (Å²) in [4.78, 5) is 16.3. The smallest absolute Gasteiger partial charge is 0.260 e. The predicted molar refractivity (Wildman–Crippen MR) is 132 cm³/mol. The van der Waals surface area contributed by atoms with E-state index in [4.69, 9.17) is 4.74 Å². The molecule has 0 atom stereocenters. The van der Waals surface area contributed by atoms with Crippen LogP contribution < -0.4 is 10.3 Å². The first-order valence-corrected chi connectivity index (χ1v) is 11.1. The number of methoxy groups -OCH3 is 1. The first-order valence-electron chi connectivity index (χ1n) is 10.2. The maximum Gasteiger partial charge on any atom is 0.260 e. The summed E-state index contributed by atoms with van der Waals surface area (Å²) < 4.78 is 5.73. The van der Waals surface area contributed by atoms with Crippen molar-refractivity contribution >= 4 is 21.6 Å². The Bertz CT molecular complexity index is 1500. The first-order chi connectivity index (χ1) is 15.6. The molecule has 0 unspecified atom stereocenters. The van der Waals surface area contributed by atoms with Gasteiger partial charge in [0, 0.05) is 16.5 Å². The normalized spacial score (nSPS) is 11.1. The van der Waals surface area contributed by atoms with E-state index in [-0.39, 0.29) is 16.9 Å². The first kappa shape index (κ1) is 20.1. The molecule has 0 amide bonds. The fraction of sp³-hybridized carbons (Fsp3) is 0.0741. The van der Waals surface area contributed by atoms with E-state index in [1.165, 1.54) is 16.9 Å². The van der Waals surface area contributed by atoms with Gasteiger partial charge in [-0.2, -0.15) is 0 Å². The van der Waals surface area contributed by atoms with Crippen molar-refractivity contribution in [1.29, 1.82) is 0 Å². The van der Waals surface area contributed by atoms with E-state index in [1.54, 1.807) is 7.11 Å². The van der Waals surface area contributed by atoms with Gasteiger partial charge >= 0.3 is 0 Å². The van der Waals surface area contributed by atoms with Crippen LogP contribution in [0.4, 0.5) is 0 Å². The Hall–Kier alpha value is -3.83. The van der Waals surface area contributed by atoms with Gasteiger partial charge in [-0.25, -0.2) is 0 Å². The molecule has 2 N–H and O–H groups in total. The lowest BCUT2D eigenvalue weighted by Crippen LogP contribution is -2.08. The Morgan fingerprint density at radius 3 is 2.38 bits per heavy atom. The molecule has 5 aromatic rings. The van der Waals surface area contributed by atoms with Crippen LogP contribution in [0.15, 0.2) is 83.0 Å². The molecule has 5 heteroatoms. The van der Waals surface area contributed by atoms with Crippen LogP contribution >= 0.6 is 11.3 Å². The minimum atomic E-state index is -0.304. The molecule has 0 saturated carbocycles. The summed E-state index contributed by atoms with van der Waals surface area (Å²) in [5.74, 6) is 0.747. The van der Waals surface area contributed by atoms with Gasteiger partial charge < -0.3 is 14.8 Å². The second-order valence-electron chi connectivity index (χ2n) is 7.63. The monoisotopic (exact) mass is 439 g/mol. The molecule has 0 fully saturated rings. The Morgan fingerprint density at radius 1 is 0.875 bits per heavy atom. The van der Waals surface area contributed by atoms with Crippen LogP contribution in [-0.4, -0.2) is 17.2 Å². The van der Waals surface area contributed by atoms with E-state index in [0.29, 0.717) is 15.8 Å². The molecule has 4 nitrogen and oxygen atoms in total. The van der Waals surface area contributed by atoms with Gasteiger partial charge in [0.05, 0.1) is 18.1 Å². The van der Waals surface area contributed by atoms with Crippen molar-refractivity contribution in [1.82, 2.24) is 4.98 Å². The second-order valence-corrected chi connectivity index (χ2v) is 8.51. The van der Waals surface area contributed by atoms with E-state index >= 15 is 0 Å². The van der Waals surface area contributed by atoms with Gasteiger partial charge in [-0.15, -0.1) is 11.3 Å². The number of benzene rings is 3. The summed E-state index contributed by atoms with van der Waals surface area (Å²) in [6.07, 6.45) is 0. The number of hydrogen-bond acceptors (Lipinski definition) is 4. The van der Waals surface area contributed by atoms with Crippen molar-refractivity contribution in [3.05, 3.63) is 94.1 Å². The maximum atomic E-state index is 12.7. The maximum absolute atomic E-state index is 12.7. The SMILES string of the molecule is COc1cc(-c2csc3[nH]c(=O)c(-c4ccccc4)c(O)c23)ccc1-c1ccccc1C. The van der Waals surface area contributed by atoms with E-state index in [9.17, 15) is 9.90 Å². The van der Waals surface area contributed by atoms with E-state index in [2.05, 4.69) is 24.0 Å². The Balaban J connectivity index is 1.71. The van der Waals surface area contributed by atoms with Crippen LogP contribution in [0.25, 0.3) is 43.6 Å². The lowest BCUT2D eigenvalue weighted by atomic mass is 9.95. The highest BCUT2D eigenvalue weighted by atomic mass is 32.1. The number of aromatic amines is 1. The van der Waals surface area contributed by atoms with E-state index < -0.39 is 0 Å². The number of nitrogens with one attached hydrogen (secondary N) is 1. The fourth-order valence-electron chi connectivity index (χ4n) is 4.12. The molecule has 158 valence electrons. The minimum absolute atomic E-state index is 0.00635. The van der Waals surface area contributed by atoms with Crippen molar-refractivity contribution in [3.8, 4) is 44.9 Å². The molecule has 0 saturated heterocycles. The lowest BCUT2D eigenvalue weighted by Gasteiger charge is -2.13. The van der Waals surface area contributed by atoms with Gasteiger partial charge in [0.25, 0.3) is 5.56 Å². The predicted octanol–water partition coefficient (Wildman–Crippen LogP) is 6.61. The van der Waals surface area contributed by atoms with Crippen LogP contribution in [0.5, 0.6) is 11.5 Å². The average molecular weight is 440 g/mol. The number of aromatic nitrogens is 1. The number of rotatable bonds is 4. The summed E-state index contributed by atoms with van der Waals surface area (Å²) >= 11 is 1.40. The second kappa shape index (κ2) is 8.02. The van der Waals surface area contributed by atoms with Crippen molar-refractivity contribution in [2.45, 2.75) is 6.92 Å². The largest absolute Gasteiger partial charge is 0.506 e. The van der Waals surface area contributed by atoms with Crippen LogP contribution in [0.2, 0.25) is 0 Å². The minimum Gasteiger partial charge on any atom is -0.506 e. The number of pyridine rings is 1.